The molecule has 0 unspecified atom stereocenters. The maximum Gasteiger partial charge on any atom is 0.224 e. The van der Waals surface area contributed by atoms with Gasteiger partial charge in [0.05, 0.1) is 11.2 Å². The molecule has 29 heavy (non-hydrogen) atoms. The average molecular weight is 507 g/mol. The molecule has 2 aromatic rings. The normalized spacial score (nSPS) is 15.0. The van der Waals surface area contributed by atoms with Crippen molar-refractivity contribution in [3.8, 4) is 0 Å². The monoisotopic (exact) mass is 507 g/mol. The number of carbonyl (C=O) groups is 1. The molecule has 158 valence electrons. The van der Waals surface area contributed by atoms with Crippen molar-refractivity contribution in [2.45, 2.75) is 71.1 Å². The number of aryl methyl sites for hydroxylation is 1. The molecule has 1 amide bonds. The molecular weight excluding hydrogens is 473 g/mol. The van der Waals surface area contributed by atoms with Gasteiger partial charge in [0.1, 0.15) is 0 Å². The summed E-state index contributed by atoms with van der Waals surface area (Å²) in [6.07, 6.45) is 11.4. The zero-order valence-electron chi connectivity index (χ0n) is 17.6. The van der Waals surface area contributed by atoms with Crippen LogP contribution >= 0.6 is 22.6 Å². The Morgan fingerprint density at radius 1 is 1.10 bits per heavy atom. The molecule has 4 nitrogen and oxygen atoms in total. The lowest BCUT2D eigenvalue weighted by Gasteiger charge is -2.21. The van der Waals surface area contributed by atoms with Crippen LogP contribution in [0.5, 0.6) is 0 Å². The maximum atomic E-state index is 12.7. The summed E-state index contributed by atoms with van der Waals surface area (Å²) in [5, 5.41) is 7.72. The van der Waals surface area contributed by atoms with Crippen LogP contribution in [-0.4, -0.2) is 24.0 Å². The van der Waals surface area contributed by atoms with Crippen LogP contribution in [0.2, 0.25) is 0 Å². The highest BCUT2D eigenvalue weighted by Gasteiger charge is 2.18. The Morgan fingerprint density at radius 2 is 1.90 bits per heavy atom. The summed E-state index contributed by atoms with van der Waals surface area (Å²) in [5.74, 6) is 0.691. The number of nitrogens with zero attached hydrogens (tertiary/aromatic N) is 1. The smallest absolute Gasteiger partial charge is 0.224 e. The Morgan fingerprint density at radius 3 is 2.69 bits per heavy atom. The van der Waals surface area contributed by atoms with Gasteiger partial charge in [0.25, 0.3) is 0 Å². The molecule has 1 aromatic heterocycles. The summed E-state index contributed by atoms with van der Waals surface area (Å²) in [7, 11) is 0. The van der Waals surface area contributed by atoms with Crippen LogP contribution < -0.4 is 10.6 Å². The van der Waals surface area contributed by atoms with Crippen molar-refractivity contribution in [1.29, 1.82) is 0 Å². The minimum absolute atomic E-state index is 0.143. The fraction of sp³-hybridized carbons (Fsp3) is 0.583. The van der Waals surface area contributed by atoms with Gasteiger partial charge in [-0.05, 0) is 98.0 Å². The van der Waals surface area contributed by atoms with Gasteiger partial charge in [-0.1, -0.05) is 32.6 Å². The van der Waals surface area contributed by atoms with Crippen molar-refractivity contribution in [3.05, 3.63) is 33.5 Å². The second-order valence-electron chi connectivity index (χ2n) is 8.26. The summed E-state index contributed by atoms with van der Waals surface area (Å²) >= 11 is 2.31. The van der Waals surface area contributed by atoms with Crippen LogP contribution in [0.15, 0.2) is 24.3 Å². The van der Waals surface area contributed by atoms with Crippen molar-refractivity contribution in [2.75, 3.05) is 18.4 Å². The number of hydrogen-bond acceptors (Lipinski definition) is 3. The summed E-state index contributed by atoms with van der Waals surface area (Å²) in [4.78, 5) is 17.5. The van der Waals surface area contributed by atoms with E-state index >= 15 is 0 Å². The average Bonchev–Trinajstić information content (AvgIpc) is 2.73. The fourth-order valence-electron chi connectivity index (χ4n) is 4.15. The van der Waals surface area contributed by atoms with Crippen molar-refractivity contribution in [3.63, 3.8) is 0 Å². The predicted octanol–water partition coefficient (Wildman–Crippen LogP) is 6.07. The third-order valence-electron chi connectivity index (χ3n) is 5.83. The van der Waals surface area contributed by atoms with E-state index in [0.29, 0.717) is 12.3 Å². The number of rotatable bonds is 10. The van der Waals surface area contributed by atoms with E-state index in [1.54, 1.807) is 0 Å². The van der Waals surface area contributed by atoms with Crippen LogP contribution in [0.3, 0.4) is 0 Å². The number of unbranched alkanes of at least 4 members (excludes halogenated alkanes) is 1. The van der Waals surface area contributed by atoms with E-state index in [4.69, 9.17) is 4.98 Å². The Balaban J connectivity index is 1.61. The van der Waals surface area contributed by atoms with E-state index in [9.17, 15) is 4.79 Å². The molecule has 2 N–H and O–H groups in total. The van der Waals surface area contributed by atoms with Gasteiger partial charge in [0.2, 0.25) is 5.91 Å². The van der Waals surface area contributed by atoms with Crippen molar-refractivity contribution in [2.24, 2.45) is 5.92 Å². The zero-order chi connectivity index (χ0) is 20.5. The van der Waals surface area contributed by atoms with Gasteiger partial charge >= 0.3 is 0 Å². The van der Waals surface area contributed by atoms with Crippen LogP contribution in [0, 0.1) is 9.49 Å². The van der Waals surface area contributed by atoms with Gasteiger partial charge in [-0.15, -0.1) is 0 Å². The standard InChI is InChI=1S/C24H34IN3O/c1-2-3-15-26-16-7-10-19-11-12-20-22(27-19)14-13-21(25)24(20)28-23(29)17-18-8-5-4-6-9-18/h11-14,18,26H,2-10,15-17H2,1H3,(H,28,29). The molecule has 1 aromatic carbocycles. The lowest BCUT2D eigenvalue weighted by Crippen LogP contribution is -2.19. The number of nitrogens with one attached hydrogen (secondary N) is 2. The SMILES string of the molecule is CCCCNCCCc1ccc2c(NC(=O)CC3CCCCC3)c(I)ccc2n1. The molecule has 5 heteroatoms. The number of halogens is 1. The lowest BCUT2D eigenvalue weighted by molar-refractivity contribution is -0.117. The largest absolute Gasteiger partial charge is 0.325 e. The van der Waals surface area contributed by atoms with E-state index in [1.807, 2.05) is 0 Å². The molecule has 0 radical (unpaired) electrons. The van der Waals surface area contributed by atoms with Gasteiger partial charge in [-0.2, -0.15) is 0 Å². The topological polar surface area (TPSA) is 54.0 Å². The van der Waals surface area contributed by atoms with Gasteiger partial charge in [0.15, 0.2) is 0 Å². The maximum absolute atomic E-state index is 12.7. The number of carbonyl (C=O) groups excluding carboxylic acids is 1. The second kappa shape index (κ2) is 11.8. The number of benzene rings is 1. The Kier molecular flexibility index (Phi) is 9.18. The highest BCUT2D eigenvalue weighted by molar-refractivity contribution is 14.1. The Bertz CT molecular complexity index is 802. The first-order chi connectivity index (χ1) is 14.2. The van der Waals surface area contributed by atoms with E-state index in [1.165, 1.54) is 44.9 Å². The lowest BCUT2D eigenvalue weighted by atomic mass is 9.87. The molecule has 0 spiro atoms. The minimum atomic E-state index is 0.143. The first-order valence-corrected chi connectivity index (χ1v) is 12.3. The van der Waals surface area contributed by atoms with E-state index in [2.05, 4.69) is 64.4 Å². The van der Waals surface area contributed by atoms with Crippen LogP contribution in [0.1, 0.15) is 70.4 Å². The Hall–Kier alpha value is -1.21. The molecule has 1 aliphatic rings. The van der Waals surface area contributed by atoms with Gasteiger partial charge < -0.3 is 10.6 Å². The van der Waals surface area contributed by atoms with E-state index in [-0.39, 0.29) is 5.91 Å². The van der Waals surface area contributed by atoms with Gasteiger partial charge in [-0.25, -0.2) is 0 Å². The quantitative estimate of drug-likeness (QED) is 0.303. The molecule has 1 fully saturated rings. The number of hydrogen-bond donors (Lipinski definition) is 2. The van der Waals surface area contributed by atoms with Crippen LogP contribution in [0.4, 0.5) is 5.69 Å². The number of pyridine rings is 1. The van der Waals surface area contributed by atoms with Crippen molar-refractivity contribution >= 4 is 45.1 Å². The third kappa shape index (κ3) is 6.92. The molecule has 0 bridgehead atoms. The van der Waals surface area contributed by atoms with Crippen LogP contribution in [-0.2, 0) is 11.2 Å². The van der Waals surface area contributed by atoms with E-state index < -0.39 is 0 Å². The molecule has 3 rings (SSSR count). The van der Waals surface area contributed by atoms with Crippen molar-refractivity contribution in [1.82, 2.24) is 10.3 Å². The highest BCUT2D eigenvalue weighted by atomic mass is 127. The van der Waals surface area contributed by atoms with E-state index in [0.717, 1.165) is 51.8 Å². The summed E-state index contributed by atoms with van der Waals surface area (Å²) in [6.45, 7) is 4.35. The number of aromatic nitrogens is 1. The summed E-state index contributed by atoms with van der Waals surface area (Å²) < 4.78 is 1.07. The number of amides is 1. The summed E-state index contributed by atoms with van der Waals surface area (Å²) in [5.41, 5.74) is 3.01. The molecule has 1 saturated carbocycles. The molecule has 1 heterocycles. The fourth-order valence-corrected chi connectivity index (χ4v) is 4.76. The summed E-state index contributed by atoms with van der Waals surface area (Å²) in [6, 6.07) is 8.36. The second-order valence-corrected chi connectivity index (χ2v) is 9.42. The highest BCUT2D eigenvalue weighted by Crippen LogP contribution is 2.30. The van der Waals surface area contributed by atoms with Gasteiger partial charge in [-0.3, -0.25) is 9.78 Å². The van der Waals surface area contributed by atoms with Gasteiger partial charge in [0, 0.05) is 21.1 Å². The van der Waals surface area contributed by atoms with Crippen molar-refractivity contribution < 1.29 is 4.79 Å². The zero-order valence-corrected chi connectivity index (χ0v) is 19.8. The molecule has 0 aliphatic heterocycles. The first kappa shape index (κ1) is 22.5. The molecule has 0 atom stereocenters. The van der Waals surface area contributed by atoms with Crippen LogP contribution in [0.25, 0.3) is 10.9 Å². The first-order valence-electron chi connectivity index (χ1n) is 11.3. The minimum Gasteiger partial charge on any atom is -0.325 e. The molecule has 1 aliphatic carbocycles. The molecular formula is C24H34IN3O. The number of anilines is 1. The number of fused-ring (bicyclic) bond motifs is 1. The third-order valence-corrected chi connectivity index (χ3v) is 6.73. The molecule has 0 saturated heterocycles. The Labute approximate surface area is 188 Å². The predicted molar refractivity (Wildman–Crippen MR) is 130 cm³/mol.